The number of nitrogens with zero attached hydrogens (tertiary/aromatic N) is 1. The maximum absolute atomic E-state index is 10.1. The Hall–Kier alpha value is -0.510. The van der Waals surface area contributed by atoms with Crippen LogP contribution in [-0.4, -0.2) is 0 Å². The van der Waals surface area contributed by atoms with Gasteiger partial charge in [-0.1, -0.05) is 71.6 Å². The summed E-state index contributed by atoms with van der Waals surface area (Å²) in [5.41, 5.74) is 0.0463. The Morgan fingerprint density at radius 3 is 1.72 bits per heavy atom. The zero-order valence-corrected chi connectivity index (χ0v) is 19.8. The molecule has 1 heteroatoms. The Kier molecular flexibility index (Phi) is 9.40. The minimum Gasteiger partial charge on any atom is -0.198 e. The van der Waals surface area contributed by atoms with Crippen LogP contribution in [0.2, 0.25) is 0 Å². The molecule has 0 aromatic rings. The fourth-order valence-corrected chi connectivity index (χ4v) is 7.36. The third-order valence-corrected chi connectivity index (χ3v) is 9.51. The Morgan fingerprint density at radius 1 is 0.655 bits per heavy atom. The lowest BCUT2D eigenvalue weighted by Gasteiger charge is -2.45. The average Bonchev–Trinajstić information content (AvgIpc) is 2.79. The van der Waals surface area contributed by atoms with Crippen LogP contribution >= 0.6 is 0 Å². The van der Waals surface area contributed by atoms with E-state index in [1.807, 2.05) is 0 Å². The van der Waals surface area contributed by atoms with Gasteiger partial charge in [-0.15, -0.1) is 0 Å². The van der Waals surface area contributed by atoms with Crippen LogP contribution in [0.4, 0.5) is 0 Å². The molecule has 0 bridgehead atoms. The smallest absolute Gasteiger partial charge is 0.0692 e. The maximum atomic E-state index is 10.1. The Bertz CT molecular complexity index is 479. The molecule has 0 radical (unpaired) electrons. The van der Waals surface area contributed by atoms with Crippen LogP contribution in [0.25, 0.3) is 0 Å². The first-order chi connectivity index (χ1) is 14.2. The third kappa shape index (κ3) is 6.24. The van der Waals surface area contributed by atoms with Crippen molar-refractivity contribution in [3.05, 3.63) is 0 Å². The summed E-state index contributed by atoms with van der Waals surface area (Å²) in [7, 11) is 0. The molecule has 3 aliphatic rings. The van der Waals surface area contributed by atoms with Gasteiger partial charge < -0.3 is 0 Å². The van der Waals surface area contributed by atoms with Crippen molar-refractivity contribution in [3.63, 3.8) is 0 Å². The van der Waals surface area contributed by atoms with Crippen LogP contribution < -0.4 is 0 Å². The van der Waals surface area contributed by atoms with Crippen molar-refractivity contribution in [1.82, 2.24) is 0 Å². The third-order valence-electron chi connectivity index (χ3n) is 9.51. The Labute approximate surface area is 182 Å². The van der Waals surface area contributed by atoms with Gasteiger partial charge in [-0.05, 0) is 93.8 Å². The summed E-state index contributed by atoms with van der Waals surface area (Å²) in [5.74, 6) is 4.67. The van der Waals surface area contributed by atoms with E-state index in [4.69, 9.17) is 0 Å². The van der Waals surface area contributed by atoms with E-state index >= 15 is 0 Å². The van der Waals surface area contributed by atoms with Crippen LogP contribution in [-0.2, 0) is 0 Å². The van der Waals surface area contributed by atoms with Gasteiger partial charge in [-0.25, -0.2) is 0 Å². The molecule has 0 amide bonds. The zero-order chi connectivity index (χ0) is 20.5. The molecule has 3 rings (SSSR count). The van der Waals surface area contributed by atoms with Gasteiger partial charge in [0.15, 0.2) is 0 Å². The van der Waals surface area contributed by atoms with E-state index in [2.05, 4.69) is 19.9 Å². The van der Waals surface area contributed by atoms with E-state index in [9.17, 15) is 5.26 Å². The first kappa shape index (κ1) is 23.2. The van der Waals surface area contributed by atoms with Crippen molar-refractivity contribution in [2.45, 2.75) is 136 Å². The molecule has 29 heavy (non-hydrogen) atoms. The summed E-state index contributed by atoms with van der Waals surface area (Å²) in [4.78, 5) is 0. The molecule has 1 nitrogen and oxygen atoms in total. The summed E-state index contributed by atoms with van der Waals surface area (Å²) in [6.07, 6.45) is 26.5. The SMILES string of the molecule is CCCCCC1CCC(C2CCC(C3(C#N)CCC(CCCC)CC3)CC2)CC1. The molecule has 3 saturated carbocycles. The monoisotopic (exact) mass is 399 g/mol. The molecule has 3 aliphatic carbocycles. The fraction of sp³-hybridized carbons (Fsp3) is 0.964. The van der Waals surface area contributed by atoms with E-state index in [-0.39, 0.29) is 5.41 Å². The molecule has 0 unspecified atom stereocenters. The highest BCUT2D eigenvalue weighted by Gasteiger charge is 2.44. The Morgan fingerprint density at radius 2 is 1.17 bits per heavy atom. The topological polar surface area (TPSA) is 23.8 Å². The number of hydrogen-bond donors (Lipinski definition) is 0. The summed E-state index contributed by atoms with van der Waals surface area (Å²) < 4.78 is 0. The first-order valence-electron chi connectivity index (χ1n) is 13.6. The fourth-order valence-electron chi connectivity index (χ4n) is 7.36. The molecule has 0 saturated heterocycles. The van der Waals surface area contributed by atoms with E-state index in [0.29, 0.717) is 5.92 Å². The van der Waals surface area contributed by atoms with Crippen molar-refractivity contribution in [2.24, 2.45) is 35.0 Å². The number of hydrogen-bond acceptors (Lipinski definition) is 1. The molecule has 0 atom stereocenters. The highest BCUT2D eigenvalue weighted by molar-refractivity contribution is 5.06. The summed E-state index contributed by atoms with van der Waals surface area (Å²) in [6, 6.07) is 2.89. The van der Waals surface area contributed by atoms with Gasteiger partial charge in [0.25, 0.3) is 0 Å². The van der Waals surface area contributed by atoms with Crippen LogP contribution in [0, 0.1) is 46.3 Å². The second-order valence-corrected chi connectivity index (χ2v) is 11.2. The normalized spacial score (nSPS) is 38.4. The molecular weight excluding hydrogens is 350 g/mol. The molecule has 166 valence electrons. The lowest BCUT2D eigenvalue weighted by atomic mass is 9.58. The number of unbranched alkanes of at least 4 members (excludes halogenated alkanes) is 3. The molecule has 0 heterocycles. The minimum absolute atomic E-state index is 0.0463. The van der Waals surface area contributed by atoms with Gasteiger partial charge >= 0.3 is 0 Å². The van der Waals surface area contributed by atoms with Crippen LogP contribution in [0.15, 0.2) is 0 Å². The van der Waals surface area contributed by atoms with Crippen LogP contribution in [0.5, 0.6) is 0 Å². The van der Waals surface area contributed by atoms with E-state index in [0.717, 1.165) is 23.7 Å². The highest BCUT2D eigenvalue weighted by Crippen LogP contribution is 2.52. The predicted octanol–water partition coefficient (Wildman–Crippen LogP) is 9.07. The lowest BCUT2D eigenvalue weighted by molar-refractivity contribution is 0.0647. The zero-order valence-electron chi connectivity index (χ0n) is 19.8. The van der Waals surface area contributed by atoms with E-state index in [1.165, 1.54) is 122 Å². The van der Waals surface area contributed by atoms with Gasteiger partial charge in [-0.3, -0.25) is 0 Å². The second kappa shape index (κ2) is 11.8. The minimum atomic E-state index is 0.0463. The average molecular weight is 400 g/mol. The van der Waals surface area contributed by atoms with Gasteiger partial charge in [0.1, 0.15) is 0 Å². The summed E-state index contributed by atoms with van der Waals surface area (Å²) in [5, 5.41) is 10.1. The van der Waals surface area contributed by atoms with Crippen molar-refractivity contribution in [1.29, 1.82) is 5.26 Å². The predicted molar refractivity (Wildman–Crippen MR) is 125 cm³/mol. The largest absolute Gasteiger partial charge is 0.198 e. The molecule has 0 aromatic heterocycles. The van der Waals surface area contributed by atoms with Crippen molar-refractivity contribution < 1.29 is 0 Å². The molecule has 0 aliphatic heterocycles. The molecule has 0 aromatic carbocycles. The van der Waals surface area contributed by atoms with Crippen LogP contribution in [0.3, 0.4) is 0 Å². The second-order valence-electron chi connectivity index (χ2n) is 11.2. The number of nitriles is 1. The lowest BCUT2D eigenvalue weighted by Crippen LogP contribution is -2.37. The van der Waals surface area contributed by atoms with Gasteiger partial charge in [0, 0.05) is 0 Å². The van der Waals surface area contributed by atoms with Crippen LogP contribution in [0.1, 0.15) is 136 Å². The molecular formula is C28H49N. The molecule has 3 fully saturated rings. The quantitative estimate of drug-likeness (QED) is 0.355. The van der Waals surface area contributed by atoms with Gasteiger partial charge in [0.2, 0.25) is 0 Å². The molecule has 0 N–H and O–H groups in total. The Balaban J connectivity index is 1.40. The first-order valence-corrected chi connectivity index (χ1v) is 13.6. The molecule has 0 spiro atoms. The van der Waals surface area contributed by atoms with Gasteiger partial charge in [-0.2, -0.15) is 5.26 Å². The summed E-state index contributed by atoms with van der Waals surface area (Å²) >= 11 is 0. The van der Waals surface area contributed by atoms with Crippen molar-refractivity contribution in [3.8, 4) is 6.07 Å². The van der Waals surface area contributed by atoms with Crippen molar-refractivity contribution >= 4 is 0 Å². The maximum Gasteiger partial charge on any atom is 0.0692 e. The van der Waals surface area contributed by atoms with Gasteiger partial charge in [0.05, 0.1) is 11.5 Å². The standard InChI is InChI=1S/C28H49N/c1-3-5-7-9-23-10-12-25(13-11-23)26-14-16-27(17-15-26)28(22-29)20-18-24(19-21-28)8-6-4-2/h23-27H,3-21H2,1-2H3. The van der Waals surface area contributed by atoms with Crippen molar-refractivity contribution in [2.75, 3.05) is 0 Å². The number of rotatable bonds is 9. The summed E-state index contributed by atoms with van der Waals surface area (Å²) in [6.45, 7) is 4.63. The van der Waals surface area contributed by atoms with E-state index in [1.54, 1.807) is 0 Å². The van der Waals surface area contributed by atoms with E-state index < -0.39 is 0 Å². The highest BCUT2D eigenvalue weighted by atomic mass is 14.5.